The average molecular weight is 329 g/mol. The summed E-state index contributed by atoms with van der Waals surface area (Å²) >= 11 is 6.02. The SMILES string of the molecule is COc1ccc(C(=O)Nc2cc(-c3ccccc3)no2)cc1Cl. The van der Waals surface area contributed by atoms with Crippen LogP contribution in [0.3, 0.4) is 0 Å². The third kappa shape index (κ3) is 3.35. The summed E-state index contributed by atoms with van der Waals surface area (Å²) in [4.78, 5) is 12.2. The molecule has 0 unspecified atom stereocenters. The molecule has 6 heteroatoms. The van der Waals surface area contributed by atoms with Gasteiger partial charge in [0, 0.05) is 17.2 Å². The maximum atomic E-state index is 12.2. The van der Waals surface area contributed by atoms with E-state index in [-0.39, 0.29) is 11.8 Å². The van der Waals surface area contributed by atoms with Crippen LogP contribution in [0, 0.1) is 0 Å². The Kier molecular flexibility index (Phi) is 4.30. The molecule has 1 aromatic heterocycles. The van der Waals surface area contributed by atoms with E-state index in [1.54, 1.807) is 18.2 Å². The molecule has 0 atom stereocenters. The van der Waals surface area contributed by atoms with E-state index >= 15 is 0 Å². The molecule has 0 bridgehead atoms. The highest BCUT2D eigenvalue weighted by molar-refractivity contribution is 6.32. The summed E-state index contributed by atoms with van der Waals surface area (Å²) in [7, 11) is 1.51. The van der Waals surface area contributed by atoms with E-state index in [0.29, 0.717) is 22.0 Å². The van der Waals surface area contributed by atoms with E-state index in [1.807, 2.05) is 30.3 Å². The highest BCUT2D eigenvalue weighted by Gasteiger charge is 2.13. The van der Waals surface area contributed by atoms with Gasteiger partial charge in [-0.25, -0.2) is 0 Å². The van der Waals surface area contributed by atoms with Gasteiger partial charge in [0.15, 0.2) is 0 Å². The fourth-order valence-corrected chi connectivity index (χ4v) is 2.33. The third-order valence-corrected chi connectivity index (χ3v) is 3.53. The van der Waals surface area contributed by atoms with Crippen LogP contribution in [0.2, 0.25) is 5.02 Å². The van der Waals surface area contributed by atoms with E-state index < -0.39 is 0 Å². The van der Waals surface area contributed by atoms with Crippen molar-refractivity contribution in [3.8, 4) is 17.0 Å². The number of nitrogens with zero attached hydrogens (tertiary/aromatic N) is 1. The smallest absolute Gasteiger partial charge is 0.258 e. The van der Waals surface area contributed by atoms with Crippen molar-refractivity contribution >= 4 is 23.4 Å². The fraction of sp³-hybridized carbons (Fsp3) is 0.0588. The molecule has 1 N–H and O–H groups in total. The Hall–Kier alpha value is -2.79. The van der Waals surface area contributed by atoms with Crippen LogP contribution in [-0.4, -0.2) is 18.2 Å². The lowest BCUT2D eigenvalue weighted by Crippen LogP contribution is -2.11. The Labute approximate surface area is 137 Å². The molecule has 0 saturated carbocycles. The van der Waals surface area contributed by atoms with Crippen molar-refractivity contribution in [3.05, 3.63) is 65.2 Å². The lowest BCUT2D eigenvalue weighted by molar-refractivity contribution is 0.102. The summed E-state index contributed by atoms with van der Waals surface area (Å²) in [6, 6.07) is 16.0. The minimum atomic E-state index is -0.342. The number of halogens is 1. The molecule has 0 radical (unpaired) electrons. The van der Waals surface area contributed by atoms with E-state index in [4.69, 9.17) is 20.9 Å². The number of anilines is 1. The molecular formula is C17H13ClN2O3. The molecule has 2 aromatic carbocycles. The third-order valence-electron chi connectivity index (χ3n) is 3.23. The lowest BCUT2D eigenvalue weighted by Gasteiger charge is -2.05. The van der Waals surface area contributed by atoms with E-state index in [1.165, 1.54) is 13.2 Å². The van der Waals surface area contributed by atoms with Crippen LogP contribution in [0.1, 0.15) is 10.4 Å². The van der Waals surface area contributed by atoms with Crippen molar-refractivity contribution in [3.63, 3.8) is 0 Å². The second-order valence-electron chi connectivity index (χ2n) is 4.75. The molecule has 1 heterocycles. The van der Waals surface area contributed by atoms with Crippen LogP contribution in [0.5, 0.6) is 5.75 Å². The van der Waals surface area contributed by atoms with Crippen molar-refractivity contribution in [1.29, 1.82) is 0 Å². The standard InChI is InChI=1S/C17H13ClN2O3/c1-22-15-8-7-12(9-13(15)18)17(21)19-16-10-14(20-23-16)11-5-3-2-4-6-11/h2-10H,1H3,(H,19,21). The predicted octanol–water partition coefficient (Wildman–Crippen LogP) is 4.26. The van der Waals surface area contributed by atoms with Gasteiger partial charge < -0.3 is 9.26 Å². The van der Waals surface area contributed by atoms with Gasteiger partial charge in [-0.2, -0.15) is 0 Å². The number of benzene rings is 2. The molecule has 0 fully saturated rings. The average Bonchev–Trinajstić information content (AvgIpc) is 3.04. The summed E-state index contributed by atoms with van der Waals surface area (Å²) < 4.78 is 10.2. The van der Waals surface area contributed by atoms with Crippen molar-refractivity contribution < 1.29 is 14.1 Å². The summed E-state index contributed by atoms with van der Waals surface area (Å²) in [5.41, 5.74) is 1.95. The number of rotatable bonds is 4. The van der Waals surface area contributed by atoms with Crippen molar-refractivity contribution in [2.75, 3.05) is 12.4 Å². The molecule has 116 valence electrons. The minimum Gasteiger partial charge on any atom is -0.495 e. The molecule has 0 aliphatic heterocycles. The van der Waals surface area contributed by atoms with Gasteiger partial charge in [-0.1, -0.05) is 47.1 Å². The zero-order chi connectivity index (χ0) is 16.2. The van der Waals surface area contributed by atoms with Gasteiger partial charge in [0.2, 0.25) is 5.88 Å². The van der Waals surface area contributed by atoms with Gasteiger partial charge in [-0.3, -0.25) is 10.1 Å². The highest BCUT2D eigenvalue weighted by Crippen LogP contribution is 2.26. The second-order valence-corrected chi connectivity index (χ2v) is 5.15. The molecule has 5 nitrogen and oxygen atoms in total. The van der Waals surface area contributed by atoms with Crippen molar-refractivity contribution in [1.82, 2.24) is 5.16 Å². The second kappa shape index (κ2) is 6.54. The van der Waals surface area contributed by atoms with Crippen molar-refractivity contribution in [2.24, 2.45) is 0 Å². The zero-order valence-electron chi connectivity index (χ0n) is 12.2. The van der Waals surface area contributed by atoms with Crippen LogP contribution < -0.4 is 10.1 Å². The molecule has 0 aliphatic rings. The number of hydrogen-bond donors (Lipinski definition) is 1. The highest BCUT2D eigenvalue weighted by atomic mass is 35.5. The summed E-state index contributed by atoms with van der Waals surface area (Å²) in [6.45, 7) is 0. The van der Waals surface area contributed by atoms with Gasteiger partial charge in [0.1, 0.15) is 11.4 Å². The first-order valence-corrected chi connectivity index (χ1v) is 7.22. The molecule has 3 rings (SSSR count). The maximum Gasteiger partial charge on any atom is 0.258 e. The fourth-order valence-electron chi connectivity index (χ4n) is 2.07. The predicted molar refractivity (Wildman–Crippen MR) is 87.9 cm³/mol. The molecule has 0 aliphatic carbocycles. The van der Waals surface area contributed by atoms with Crippen LogP contribution in [0.25, 0.3) is 11.3 Å². The van der Waals surface area contributed by atoms with E-state index in [2.05, 4.69) is 10.5 Å². The molecule has 0 saturated heterocycles. The molecule has 1 amide bonds. The first kappa shape index (κ1) is 15.1. The number of nitrogens with one attached hydrogen (secondary N) is 1. The number of aromatic nitrogens is 1. The minimum absolute atomic E-state index is 0.265. The number of carbonyl (C=O) groups excluding carboxylic acids is 1. The quantitative estimate of drug-likeness (QED) is 0.777. The molecule has 23 heavy (non-hydrogen) atoms. The number of methoxy groups -OCH3 is 1. The monoisotopic (exact) mass is 328 g/mol. The van der Waals surface area contributed by atoms with Crippen LogP contribution in [0.15, 0.2) is 59.1 Å². The van der Waals surface area contributed by atoms with Crippen LogP contribution in [-0.2, 0) is 0 Å². The Bertz CT molecular complexity index is 831. The van der Waals surface area contributed by atoms with Crippen molar-refractivity contribution in [2.45, 2.75) is 0 Å². The Morgan fingerprint density at radius 3 is 2.65 bits per heavy atom. The van der Waals surface area contributed by atoms with Crippen LogP contribution >= 0.6 is 11.6 Å². The number of ether oxygens (including phenoxy) is 1. The van der Waals surface area contributed by atoms with Gasteiger partial charge >= 0.3 is 0 Å². The number of amides is 1. The largest absolute Gasteiger partial charge is 0.495 e. The van der Waals surface area contributed by atoms with E-state index in [9.17, 15) is 4.79 Å². The summed E-state index contributed by atoms with van der Waals surface area (Å²) in [5, 5.41) is 6.95. The number of hydrogen-bond acceptors (Lipinski definition) is 4. The van der Waals surface area contributed by atoms with Gasteiger partial charge in [-0.05, 0) is 18.2 Å². The van der Waals surface area contributed by atoms with Gasteiger partial charge in [0.05, 0.1) is 12.1 Å². The van der Waals surface area contributed by atoms with Gasteiger partial charge in [-0.15, -0.1) is 0 Å². The Morgan fingerprint density at radius 1 is 1.17 bits per heavy atom. The maximum absolute atomic E-state index is 12.2. The normalized spacial score (nSPS) is 10.3. The topological polar surface area (TPSA) is 64.4 Å². The van der Waals surface area contributed by atoms with Gasteiger partial charge in [0.25, 0.3) is 5.91 Å². The molecular weight excluding hydrogens is 316 g/mol. The lowest BCUT2D eigenvalue weighted by atomic mass is 10.1. The van der Waals surface area contributed by atoms with Crippen LogP contribution in [0.4, 0.5) is 5.88 Å². The van der Waals surface area contributed by atoms with E-state index in [0.717, 1.165) is 5.56 Å². The first-order valence-electron chi connectivity index (χ1n) is 6.84. The Morgan fingerprint density at radius 2 is 1.96 bits per heavy atom. The molecule has 0 spiro atoms. The Balaban J connectivity index is 1.76. The summed E-state index contributed by atoms with van der Waals surface area (Å²) in [5.74, 6) is 0.431. The number of carbonyl (C=O) groups is 1. The zero-order valence-corrected chi connectivity index (χ0v) is 13.0. The first-order chi connectivity index (χ1) is 11.2. The molecule has 3 aromatic rings. The summed E-state index contributed by atoms with van der Waals surface area (Å²) in [6.07, 6.45) is 0.